The number of pyridine rings is 1. The summed E-state index contributed by atoms with van der Waals surface area (Å²) in [5, 5.41) is 12.2. The van der Waals surface area contributed by atoms with E-state index in [1.54, 1.807) is 0 Å². The number of rotatable bonds is 6. The summed E-state index contributed by atoms with van der Waals surface area (Å²) in [5.74, 6) is 1.83. The normalized spacial score (nSPS) is 15.5. The van der Waals surface area contributed by atoms with Gasteiger partial charge in [-0.05, 0) is 17.7 Å². The van der Waals surface area contributed by atoms with Crippen LogP contribution in [0.1, 0.15) is 5.56 Å². The Balaban J connectivity index is 1.29. The lowest BCUT2D eigenvalue weighted by molar-refractivity contribution is -0.385. The van der Waals surface area contributed by atoms with Gasteiger partial charge in [0.15, 0.2) is 11.5 Å². The summed E-state index contributed by atoms with van der Waals surface area (Å²) in [5.41, 5.74) is 0.827. The van der Waals surface area contributed by atoms with Crippen LogP contribution in [0.3, 0.4) is 0 Å². The molecule has 0 aliphatic carbocycles. The number of hydrogen-bond acceptors (Lipinski definition) is 10. The summed E-state index contributed by atoms with van der Waals surface area (Å²) in [6.45, 7) is 3.55. The van der Waals surface area contributed by atoms with E-state index in [9.17, 15) is 10.1 Å². The van der Waals surface area contributed by atoms with Gasteiger partial charge in [0.25, 0.3) is 0 Å². The smallest absolute Gasteiger partial charge is 0.373 e. The third-order valence-electron chi connectivity index (χ3n) is 5.36. The van der Waals surface area contributed by atoms with Crippen LogP contribution in [-0.4, -0.2) is 57.7 Å². The van der Waals surface area contributed by atoms with Crippen LogP contribution in [0.5, 0.6) is 23.1 Å². The van der Waals surface area contributed by atoms with Crippen molar-refractivity contribution in [3.63, 3.8) is 0 Å². The summed E-state index contributed by atoms with van der Waals surface area (Å²) in [7, 11) is 0. The van der Waals surface area contributed by atoms with Crippen molar-refractivity contribution >= 4 is 23.1 Å². The van der Waals surface area contributed by atoms with Crippen LogP contribution in [0.4, 0.5) is 11.5 Å². The number of hydrogen-bond donors (Lipinski definition) is 0. The number of nitrogens with zero attached hydrogens (tertiary/aromatic N) is 6. The Labute approximate surface area is 193 Å². The van der Waals surface area contributed by atoms with E-state index in [0.717, 1.165) is 23.6 Å². The van der Waals surface area contributed by atoms with Gasteiger partial charge in [0.05, 0.1) is 16.1 Å². The first kappa shape index (κ1) is 21.2. The second kappa shape index (κ2) is 9.04. The molecule has 0 atom stereocenters. The number of benzene rings is 1. The first-order valence-electron chi connectivity index (χ1n) is 10.2. The van der Waals surface area contributed by atoms with Gasteiger partial charge in [-0.25, -0.2) is 4.98 Å². The van der Waals surface area contributed by atoms with Crippen molar-refractivity contribution in [2.24, 2.45) is 0 Å². The molecule has 1 saturated heterocycles. The van der Waals surface area contributed by atoms with Crippen LogP contribution in [0.15, 0.2) is 43.0 Å². The van der Waals surface area contributed by atoms with Crippen molar-refractivity contribution in [1.29, 1.82) is 0 Å². The molecule has 0 radical (unpaired) electrons. The van der Waals surface area contributed by atoms with Crippen molar-refractivity contribution in [2.45, 2.75) is 6.54 Å². The molecule has 2 aliphatic heterocycles. The molecule has 12 heteroatoms. The number of piperazine rings is 1. The molecule has 5 rings (SSSR count). The van der Waals surface area contributed by atoms with Crippen LogP contribution in [0.2, 0.25) is 5.02 Å². The highest BCUT2D eigenvalue weighted by atomic mass is 35.5. The molecule has 1 fully saturated rings. The maximum Gasteiger partial charge on any atom is 0.373 e. The minimum atomic E-state index is -0.526. The fourth-order valence-corrected chi connectivity index (χ4v) is 3.96. The Morgan fingerprint density at radius 2 is 1.91 bits per heavy atom. The number of nitro groups is 1. The summed E-state index contributed by atoms with van der Waals surface area (Å²) in [6.07, 6.45) is 4.11. The highest BCUT2D eigenvalue weighted by molar-refractivity contribution is 6.30. The molecular formula is C21H19ClN6O5. The molecule has 0 amide bonds. The fraction of sp³-hybridized carbons (Fsp3) is 0.286. The minimum absolute atomic E-state index is 0.156. The molecule has 0 spiro atoms. The quantitative estimate of drug-likeness (QED) is 0.392. The molecule has 2 aromatic heterocycles. The van der Waals surface area contributed by atoms with E-state index in [2.05, 4.69) is 19.9 Å². The van der Waals surface area contributed by atoms with Crippen LogP contribution < -0.4 is 19.1 Å². The van der Waals surface area contributed by atoms with Crippen molar-refractivity contribution < 1.29 is 19.1 Å². The fourth-order valence-electron chi connectivity index (χ4n) is 3.79. The number of anilines is 1. The Morgan fingerprint density at radius 3 is 2.70 bits per heavy atom. The van der Waals surface area contributed by atoms with Gasteiger partial charge in [-0.3, -0.25) is 20.0 Å². The second-order valence-corrected chi connectivity index (χ2v) is 7.94. The standard InChI is InChI=1S/C21H19ClN6O5/c22-15-8-16(10-23-9-15)33-21-19(28(29)30)20(24-12-25-21)27-5-3-26(4-6-27)11-14-1-2-17-18(7-14)32-13-31-17/h1-2,7-10,12H,3-6,11,13H2. The predicted octanol–water partition coefficient (Wildman–Crippen LogP) is 3.28. The summed E-state index contributed by atoms with van der Waals surface area (Å²) in [4.78, 5) is 27.6. The Bertz CT molecular complexity index is 1190. The third-order valence-corrected chi connectivity index (χ3v) is 5.57. The maximum atomic E-state index is 11.9. The van der Waals surface area contributed by atoms with Crippen LogP contribution in [0.25, 0.3) is 0 Å². The van der Waals surface area contributed by atoms with Gasteiger partial charge >= 0.3 is 11.6 Å². The van der Waals surface area contributed by atoms with Gasteiger partial charge in [0, 0.05) is 45.0 Å². The largest absolute Gasteiger partial charge is 0.454 e. The first-order valence-corrected chi connectivity index (χ1v) is 10.6. The molecule has 0 bridgehead atoms. The van der Waals surface area contributed by atoms with E-state index in [1.165, 1.54) is 24.8 Å². The van der Waals surface area contributed by atoms with E-state index in [4.69, 9.17) is 25.8 Å². The second-order valence-electron chi connectivity index (χ2n) is 7.50. The molecule has 3 aromatic rings. The molecule has 170 valence electrons. The SMILES string of the molecule is O=[N+]([O-])c1c(Oc2cncc(Cl)c2)ncnc1N1CCN(Cc2ccc3c(c2)OCO3)CC1. The van der Waals surface area contributed by atoms with Gasteiger partial charge in [-0.2, -0.15) is 4.98 Å². The summed E-state index contributed by atoms with van der Waals surface area (Å²) < 4.78 is 16.4. The molecule has 11 nitrogen and oxygen atoms in total. The molecule has 4 heterocycles. The lowest BCUT2D eigenvalue weighted by Crippen LogP contribution is -2.46. The highest BCUT2D eigenvalue weighted by Crippen LogP contribution is 2.37. The van der Waals surface area contributed by atoms with Gasteiger partial charge in [0.1, 0.15) is 12.1 Å². The van der Waals surface area contributed by atoms with E-state index >= 15 is 0 Å². The average molecular weight is 471 g/mol. The Kier molecular flexibility index (Phi) is 5.80. The average Bonchev–Trinajstić information content (AvgIpc) is 3.27. The monoisotopic (exact) mass is 470 g/mol. The summed E-state index contributed by atoms with van der Waals surface area (Å²) in [6, 6.07) is 7.42. The van der Waals surface area contributed by atoms with Crippen LogP contribution in [0, 0.1) is 10.1 Å². The lowest BCUT2D eigenvalue weighted by Gasteiger charge is -2.35. The van der Waals surface area contributed by atoms with Crippen molar-refractivity contribution in [3.05, 3.63) is 63.7 Å². The Hall–Kier alpha value is -3.70. The molecule has 33 heavy (non-hydrogen) atoms. The molecule has 0 unspecified atom stereocenters. The van der Waals surface area contributed by atoms with Gasteiger partial charge < -0.3 is 19.1 Å². The zero-order valence-electron chi connectivity index (χ0n) is 17.4. The highest BCUT2D eigenvalue weighted by Gasteiger charge is 2.31. The van der Waals surface area contributed by atoms with E-state index in [1.807, 2.05) is 23.1 Å². The van der Waals surface area contributed by atoms with E-state index in [0.29, 0.717) is 31.2 Å². The molecule has 1 aromatic carbocycles. The first-order chi connectivity index (χ1) is 16.1. The van der Waals surface area contributed by atoms with Crippen LogP contribution >= 0.6 is 11.6 Å². The van der Waals surface area contributed by atoms with Crippen LogP contribution in [-0.2, 0) is 6.54 Å². The Morgan fingerprint density at radius 1 is 1.09 bits per heavy atom. The number of aromatic nitrogens is 3. The minimum Gasteiger partial charge on any atom is -0.454 e. The number of halogens is 1. The molecule has 0 saturated carbocycles. The van der Waals surface area contributed by atoms with Gasteiger partial charge in [0.2, 0.25) is 12.6 Å². The topological polar surface area (TPSA) is 116 Å². The van der Waals surface area contributed by atoms with Crippen molar-refractivity contribution in [3.8, 4) is 23.1 Å². The summed E-state index contributed by atoms with van der Waals surface area (Å²) >= 11 is 5.93. The zero-order chi connectivity index (χ0) is 22.8. The maximum absolute atomic E-state index is 11.9. The predicted molar refractivity (Wildman–Crippen MR) is 118 cm³/mol. The van der Waals surface area contributed by atoms with E-state index < -0.39 is 4.92 Å². The molecular weight excluding hydrogens is 452 g/mol. The molecule has 2 aliphatic rings. The van der Waals surface area contributed by atoms with Crippen molar-refractivity contribution in [2.75, 3.05) is 37.9 Å². The number of ether oxygens (including phenoxy) is 3. The van der Waals surface area contributed by atoms with E-state index in [-0.39, 0.29) is 29.9 Å². The van der Waals surface area contributed by atoms with Crippen molar-refractivity contribution in [1.82, 2.24) is 19.9 Å². The lowest BCUT2D eigenvalue weighted by atomic mass is 10.1. The third kappa shape index (κ3) is 4.59. The van der Waals surface area contributed by atoms with Gasteiger partial charge in [-0.15, -0.1) is 0 Å². The van der Waals surface area contributed by atoms with Gasteiger partial charge in [-0.1, -0.05) is 17.7 Å². The molecule has 0 N–H and O–H groups in total. The zero-order valence-corrected chi connectivity index (χ0v) is 18.1. The number of fused-ring (bicyclic) bond motifs is 1.